The van der Waals surface area contributed by atoms with Gasteiger partial charge in [0.1, 0.15) is 26.9 Å². The van der Waals surface area contributed by atoms with Crippen LogP contribution >= 0.6 is 35.3 Å². The van der Waals surface area contributed by atoms with E-state index in [1.807, 2.05) is 24.3 Å². The van der Waals surface area contributed by atoms with Gasteiger partial charge in [-0.05, 0) is 43.7 Å². The lowest BCUT2D eigenvalue weighted by molar-refractivity contribution is 0.209. The summed E-state index contributed by atoms with van der Waals surface area (Å²) >= 11 is 7.34. The standard InChI is InChI=1S/C25H25ClN4O4S.ClH/c1-33-16-5-4-6-17-20(16)15-12-29(11-14(15)13-34-17)9-2-3-10-30-24(31)23-22(28-25(30)32)21-18(35-23)7-8-19(26)27-21;/h4-8,14-15H,2-3,9-13H2,1H3,(H,28,32);1H/t14-,15-;/m1./s1. The number of likely N-dealkylation sites (tertiary alicyclic amines) is 1. The van der Waals surface area contributed by atoms with Gasteiger partial charge in [-0.2, -0.15) is 0 Å². The van der Waals surface area contributed by atoms with E-state index in [-0.39, 0.29) is 18.0 Å². The Hall–Kier alpha value is -2.59. The molecule has 2 atom stereocenters. The van der Waals surface area contributed by atoms with Crippen LogP contribution in [0.2, 0.25) is 5.15 Å². The number of fused-ring (bicyclic) bond motifs is 6. The van der Waals surface area contributed by atoms with Gasteiger partial charge in [0.25, 0.3) is 5.56 Å². The summed E-state index contributed by atoms with van der Waals surface area (Å²) in [5, 5.41) is 0.331. The van der Waals surface area contributed by atoms with Crippen LogP contribution in [0.3, 0.4) is 0 Å². The number of hydrogen-bond donors (Lipinski definition) is 1. The number of nitrogens with one attached hydrogen (secondary N) is 1. The van der Waals surface area contributed by atoms with Gasteiger partial charge < -0.3 is 19.4 Å². The van der Waals surface area contributed by atoms with Gasteiger partial charge in [-0.3, -0.25) is 9.36 Å². The number of aromatic amines is 1. The third kappa shape index (κ3) is 4.28. The molecule has 0 bridgehead atoms. The highest BCUT2D eigenvalue weighted by molar-refractivity contribution is 7.25. The van der Waals surface area contributed by atoms with Crippen LogP contribution in [-0.2, 0) is 6.54 Å². The second-order valence-electron chi connectivity index (χ2n) is 9.19. The Labute approximate surface area is 222 Å². The van der Waals surface area contributed by atoms with Crippen molar-refractivity contribution in [3.05, 3.63) is 61.9 Å². The molecule has 3 aromatic heterocycles. The molecule has 0 unspecified atom stereocenters. The van der Waals surface area contributed by atoms with Crippen LogP contribution in [0.25, 0.3) is 20.4 Å². The van der Waals surface area contributed by atoms with Crippen LogP contribution in [0.4, 0.5) is 0 Å². The van der Waals surface area contributed by atoms with Gasteiger partial charge >= 0.3 is 5.69 Å². The van der Waals surface area contributed by atoms with E-state index in [0.717, 1.165) is 55.3 Å². The summed E-state index contributed by atoms with van der Waals surface area (Å²) < 4.78 is 14.3. The van der Waals surface area contributed by atoms with E-state index in [1.165, 1.54) is 21.5 Å². The van der Waals surface area contributed by atoms with E-state index in [9.17, 15) is 9.59 Å². The summed E-state index contributed by atoms with van der Waals surface area (Å²) in [6.07, 6.45) is 1.64. The SMILES string of the molecule is COc1cccc2c1[C@@H]1CN(CCCCn3c(=O)[nH]c4c(sc5ccc(Cl)nc54)c3=O)C[C@@H]1CO2.Cl. The van der Waals surface area contributed by atoms with Gasteiger partial charge in [-0.25, -0.2) is 9.78 Å². The lowest BCUT2D eigenvalue weighted by Crippen LogP contribution is -2.34. The minimum atomic E-state index is -0.406. The van der Waals surface area contributed by atoms with Gasteiger partial charge in [-0.15, -0.1) is 23.7 Å². The number of unbranched alkanes of at least 4 members (excludes halogenated alkanes) is 1. The van der Waals surface area contributed by atoms with E-state index in [1.54, 1.807) is 13.2 Å². The molecule has 1 saturated heterocycles. The molecule has 2 aliphatic heterocycles. The quantitative estimate of drug-likeness (QED) is 0.286. The van der Waals surface area contributed by atoms with Crippen LogP contribution in [-0.4, -0.2) is 52.8 Å². The number of thiophene rings is 1. The highest BCUT2D eigenvalue weighted by atomic mass is 35.5. The summed E-state index contributed by atoms with van der Waals surface area (Å²) in [6, 6.07) is 9.50. The maximum atomic E-state index is 13.1. The molecule has 5 heterocycles. The first-order valence-corrected chi connectivity index (χ1v) is 13.0. The predicted molar refractivity (Wildman–Crippen MR) is 145 cm³/mol. The molecule has 2 aliphatic rings. The molecule has 0 radical (unpaired) electrons. The molecule has 0 spiro atoms. The van der Waals surface area contributed by atoms with Crippen LogP contribution in [0.5, 0.6) is 11.5 Å². The van der Waals surface area contributed by atoms with Gasteiger partial charge in [0, 0.05) is 37.0 Å². The van der Waals surface area contributed by atoms with Crippen molar-refractivity contribution < 1.29 is 9.47 Å². The first-order valence-electron chi connectivity index (χ1n) is 11.8. The predicted octanol–water partition coefficient (Wildman–Crippen LogP) is 4.27. The molecule has 4 aromatic rings. The third-order valence-electron chi connectivity index (χ3n) is 7.11. The minimum Gasteiger partial charge on any atom is -0.496 e. The largest absolute Gasteiger partial charge is 0.496 e. The molecule has 1 N–H and O–H groups in total. The van der Waals surface area contributed by atoms with Gasteiger partial charge in [0.2, 0.25) is 0 Å². The molecule has 36 heavy (non-hydrogen) atoms. The van der Waals surface area contributed by atoms with E-state index < -0.39 is 5.69 Å². The summed E-state index contributed by atoms with van der Waals surface area (Å²) in [7, 11) is 1.71. The second-order valence-corrected chi connectivity index (χ2v) is 10.6. The van der Waals surface area contributed by atoms with Crippen molar-refractivity contribution >= 4 is 55.8 Å². The van der Waals surface area contributed by atoms with Crippen molar-refractivity contribution in [3.8, 4) is 11.5 Å². The third-order valence-corrected chi connectivity index (χ3v) is 8.45. The summed E-state index contributed by atoms with van der Waals surface area (Å²) in [4.78, 5) is 35.3. The highest BCUT2D eigenvalue weighted by Gasteiger charge is 2.40. The van der Waals surface area contributed by atoms with Crippen molar-refractivity contribution in [2.75, 3.05) is 33.4 Å². The van der Waals surface area contributed by atoms with Crippen molar-refractivity contribution in [2.24, 2.45) is 5.92 Å². The average molecular weight is 549 g/mol. The molecular formula is C25H26Cl2N4O4S. The Kier molecular flexibility index (Phi) is 7.00. The van der Waals surface area contributed by atoms with E-state index in [2.05, 4.69) is 14.9 Å². The zero-order valence-corrected chi connectivity index (χ0v) is 22.0. The molecular weight excluding hydrogens is 523 g/mol. The first kappa shape index (κ1) is 25.1. The molecule has 6 rings (SSSR count). The molecule has 0 saturated carbocycles. The Bertz CT molecular complexity index is 1530. The number of pyridine rings is 1. The highest BCUT2D eigenvalue weighted by Crippen LogP contribution is 2.46. The van der Waals surface area contributed by atoms with Gasteiger partial charge in [0.05, 0.1) is 23.9 Å². The van der Waals surface area contributed by atoms with Crippen molar-refractivity contribution in [1.82, 2.24) is 19.4 Å². The summed E-state index contributed by atoms with van der Waals surface area (Å²) in [5.41, 5.74) is 1.54. The average Bonchev–Trinajstić information content (AvgIpc) is 3.44. The van der Waals surface area contributed by atoms with Crippen LogP contribution < -0.4 is 20.7 Å². The number of aromatic nitrogens is 3. The van der Waals surface area contributed by atoms with Crippen LogP contribution in [0.15, 0.2) is 39.9 Å². The van der Waals surface area contributed by atoms with Crippen LogP contribution in [0, 0.1) is 5.92 Å². The number of benzene rings is 1. The van der Waals surface area contributed by atoms with Crippen molar-refractivity contribution in [1.29, 1.82) is 0 Å². The fraction of sp³-hybridized carbons (Fsp3) is 0.400. The molecule has 1 fully saturated rings. The van der Waals surface area contributed by atoms with Gasteiger partial charge in [0.15, 0.2) is 0 Å². The van der Waals surface area contributed by atoms with E-state index >= 15 is 0 Å². The zero-order chi connectivity index (χ0) is 24.1. The topological polar surface area (TPSA) is 89.5 Å². The van der Waals surface area contributed by atoms with Crippen LogP contribution in [0.1, 0.15) is 24.3 Å². The maximum absolute atomic E-state index is 13.1. The number of halogens is 2. The van der Waals surface area contributed by atoms with E-state index in [4.69, 9.17) is 21.1 Å². The van der Waals surface area contributed by atoms with Crippen molar-refractivity contribution in [3.63, 3.8) is 0 Å². The summed E-state index contributed by atoms with van der Waals surface area (Å²) in [6.45, 7) is 3.96. The molecule has 190 valence electrons. The van der Waals surface area contributed by atoms with Crippen molar-refractivity contribution in [2.45, 2.75) is 25.3 Å². The lowest BCUT2D eigenvalue weighted by Gasteiger charge is -2.29. The Morgan fingerprint density at radius 3 is 2.86 bits per heavy atom. The molecule has 0 aliphatic carbocycles. The molecule has 8 nitrogen and oxygen atoms in total. The smallest absolute Gasteiger partial charge is 0.328 e. The first-order chi connectivity index (χ1) is 17.0. The lowest BCUT2D eigenvalue weighted by atomic mass is 9.86. The number of rotatable bonds is 6. The fourth-order valence-electron chi connectivity index (χ4n) is 5.45. The number of nitrogens with zero attached hydrogens (tertiary/aromatic N) is 3. The number of hydrogen-bond acceptors (Lipinski definition) is 7. The number of methoxy groups -OCH3 is 1. The summed E-state index contributed by atoms with van der Waals surface area (Å²) in [5.74, 6) is 2.67. The second kappa shape index (κ2) is 10.0. The van der Waals surface area contributed by atoms with Gasteiger partial charge in [-0.1, -0.05) is 17.7 Å². The Balaban J connectivity index is 0.00000267. The Morgan fingerprint density at radius 1 is 1.19 bits per heavy atom. The fourth-order valence-corrected chi connectivity index (χ4v) is 6.64. The minimum absolute atomic E-state index is 0. The monoisotopic (exact) mass is 548 g/mol. The Morgan fingerprint density at radius 2 is 2.03 bits per heavy atom. The maximum Gasteiger partial charge on any atom is 0.328 e. The molecule has 1 aromatic carbocycles. The number of H-pyrrole nitrogens is 1. The molecule has 11 heteroatoms. The molecule has 0 amide bonds. The number of ether oxygens (including phenoxy) is 2. The van der Waals surface area contributed by atoms with E-state index in [0.29, 0.717) is 39.3 Å². The zero-order valence-electron chi connectivity index (χ0n) is 19.7. The normalized spacial score (nSPS) is 19.1.